The SMILES string of the molecule is O=C(NC1(C(=O)O)C2CC3CC(C2)CC1C3)c1cnc(-c2cn(C3CCOCC3)c3cc(OC4CCC(N5CC(F)(F)C5)CC4)ccc23)nc1C(F)(F)F. The van der Waals surface area contributed by atoms with Gasteiger partial charge in [-0.2, -0.15) is 13.2 Å². The Hall–Kier alpha value is -3.85. The molecule has 0 atom stereocenters. The smallest absolute Gasteiger partial charge is 0.434 e. The number of hydrogen-bond acceptors (Lipinski definition) is 7. The number of carboxylic acids is 1. The van der Waals surface area contributed by atoms with Gasteiger partial charge >= 0.3 is 12.1 Å². The van der Waals surface area contributed by atoms with Gasteiger partial charge in [0.1, 0.15) is 11.3 Å². The maximum atomic E-state index is 14.8. The summed E-state index contributed by atoms with van der Waals surface area (Å²) >= 11 is 0. The van der Waals surface area contributed by atoms with Crippen LogP contribution in [-0.2, 0) is 15.7 Å². The Balaban J connectivity index is 1.01. The van der Waals surface area contributed by atoms with Crippen LogP contribution in [-0.4, -0.2) is 86.3 Å². The molecule has 0 radical (unpaired) electrons. The summed E-state index contributed by atoms with van der Waals surface area (Å²) in [4.78, 5) is 36.8. The maximum absolute atomic E-state index is 14.8. The molecule has 1 aromatic carbocycles. The van der Waals surface area contributed by atoms with Crippen LogP contribution < -0.4 is 10.1 Å². The van der Waals surface area contributed by atoms with E-state index in [-0.39, 0.29) is 48.9 Å². The van der Waals surface area contributed by atoms with Crippen LogP contribution in [0.5, 0.6) is 5.75 Å². The molecule has 2 N–H and O–H groups in total. The first kappa shape index (κ1) is 35.8. The first-order valence-corrected chi connectivity index (χ1v) is 19.3. The quantitative estimate of drug-likeness (QED) is 0.234. The van der Waals surface area contributed by atoms with Crippen molar-refractivity contribution in [3.8, 4) is 17.1 Å². The Morgan fingerprint density at radius 3 is 2.20 bits per heavy atom. The molecule has 3 aromatic rings. The maximum Gasteiger partial charge on any atom is 0.434 e. The first-order valence-electron chi connectivity index (χ1n) is 19.3. The minimum Gasteiger partial charge on any atom is -0.490 e. The van der Waals surface area contributed by atoms with E-state index in [0.29, 0.717) is 80.3 Å². The zero-order valence-electron chi connectivity index (χ0n) is 29.8. The van der Waals surface area contributed by atoms with E-state index in [1.807, 2.05) is 15.5 Å². The number of benzene rings is 1. The highest BCUT2D eigenvalue weighted by molar-refractivity contribution is 6.00. The molecule has 0 spiro atoms. The molecule has 15 heteroatoms. The molecule has 1 amide bonds. The van der Waals surface area contributed by atoms with Gasteiger partial charge in [-0.3, -0.25) is 9.69 Å². The lowest BCUT2D eigenvalue weighted by Crippen LogP contribution is -2.70. The van der Waals surface area contributed by atoms with Crippen molar-refractivity contribution in [2.75, 3.05) is 26.3 Å². The Bertz CT molecular complexity index is 1920. The van der Waals surface area contributed by atoms with Crippen LogP contribution in [0.4, 0.5) is 22.0 Å². The van der Waals surface area contributed by atoms with E-state index in [9.17, 15) is 36.6 Å². The number of carbonyl (C=O) groups excluding carboxylic acids is 1. The van der Waals surface area contributed by atoms with E-state index in [2.05, 4.69) is 15.3 Å². The van der Waals surface area contributed by atoms with Gasteiger partial charge in [0.05, 0.1) is 30.3 Å². The monoisotopic (exact) mass is 757 g/mol. The molecule has 0 unspecified atom stereocenters. The molecular formula is C39H44F5N5O5. The van der Waals surface area contributed by atoms with Crippen molar-refractivity contribution in [2.45, 2.75) is 106 Å². The molecule has 10 nitrogen and oxygen atoms in total. The Labute approximate surface area is 308 Å². The molecule has 10 rings (SSSR count). The largest absolute Gasteiger partial charge is 0.490 e. The van der Waals surface area contributed by atoms with Crippen molar-refractivity contribution in [3.05, 3.63) is 41.9 Å². The molecule has 7 fully saturated rings. The normalized spacial score (nSPS) is 32.4. The molecule has 54 heavy (non-hydrogen) atoms. The number of aliphatic carboxylic acids is 1. The third-order valence-electron chi connectivity index (χ3n) is 13.4. The van der Waals surface area contributed by atoms with E-state index in [4.69, 9.17) is 9.47 Å². The first-order chi connectivity index (χ1) is 25.8. The zero-order chi connectivity index (χ0) is 37.6. The summed E-state index contributed by atoms with van der Waals surface area (Å²) in [7, 11) is 0. The van der Waals surface area contributed by atoms with Gasteiger partial charge in [-0.1, -0.05) is 0 Å². The highest BCUT2D eigenvalue weighted by Gasteiger charge is 2.62. The second kappa shape index (κ2) is 13.1. The number of nitrogens with zero attached hydrogens (tertiary/aromatic N) is 4. The van der Waals surface area contributed by atoms with Gasteiger partial charge in [0.15, 0.2) is 11.5 Å². The number of likely N-dealkylation sites (tertiary alicyclic amines) is 1. The highest BCUT2D eigenvalue weighted by atomic mass is 19.4. The van der Waals surface area contributed by atoms with Crippen molar-refractivity contribution in [3.63, 3.8) is 0 Å². The van der Waals surface area contributed by atoms with E-state index >= 15 is 0 Å². The average molecular weight is 758 g/mol. The number of rotatable bonds is 8. The topological polar surface area (TPSA) is 119 Å². The lowest BCUT2D eigenvalue weighted by atomic mass is 9.48. The highest BCUT2D eigenvalue weighted by Crippen LogP contribution is 2.58. The van der Waals surface area contributed by atoms with Gasteiger partial charge in [0, 0.05) is 54.7 Å². The van der Waals surface area contributed by atoms with Crippen molar-refractivity contribution in [1.82, 2.24) is 24.8 Å². The fourth-order valence-electron chi connectivity index (χ4n) is 11.0. The molecule has 4 bridgehead atoms. The second-order valence-corrected chi connectivity index (χ2v) is 16.7. The van der Waals surface area contributed by atoms with Crippen LogP contribution in [0, 0.1) is 23.7 Å². The number of fused-ring (bicyclic) bond motifs is 1. The summed E-state index contributed by atoms with van der Waals surface area (Å²) in [6, 6.07) is 5.54. The number of hydrogen-bond donors (Lipinski definition) is 2. The van der Waals surface area contributed by atoms with Crippen molar-refractivity contribution in [1.29, 1.82) is 0 Å². The van der Waals surface area contributed by atoms with Gasteiger partial charge in [-0.05, 0) is 106 Å². The summed E-state index contributed by atoms with van der Waals surface area (Å²) in [6.07, 6.45) is 5.43. The van der Waals surface area contributed by atoms with Gasteiger partial charge in [0.2, 0.25) is 0 Å². The van der Waals surface area contributed by atoms with Gasteiger partial charge < -0.3 is 24.5 Å². The van der Waals surface area contributed by atoms with Gasteiger partial charge in [-0.15, -0.1) is 0 Å². The van der Waals surface area contributed by atoms with Crippen LogP contribution in [0.3, 0.4) is 0 Å². The van der Waals surface area contributed by atoms with Crippen LogP contribution in [0.1, 0.15) is 92.7 Å². The molecule has 4 heterocycles. The number of amides is 1. The number of ether oxygens (including phenoxy) is 2. The fourth-order valence-corrected chi connectivity index (χ4v) is 11.0. The Morgan fingerprint density at radius 2 is 1.59 bits per heavy atom. The van der Waals surface area contributed by atoms with Gasteiger partial charge in [-0.25, -0.2) is 23.5 Å². The fraction of sp³-hybridized carbons (Fsp3) is 0.641. The number of nitrogens with one attached hydrogen (secondary N) is 1. The minimum absolute atomic E-state index is 0.00401. The molecular weight excluding hydrogens is 713 g/mol. The summed E-state index contributed by atoms with van der Waals surface area (Å²) in [6.45, 7) is 0.674. The molecule has 5 aliphatic carbocycles. The van der Waals surface area contributed by atoms with E-state index in [0.717, 1.165) is 43.8 Å². The van der Waals surface area contributed by atoms with Crippen molar-refractivity contribution < 1.29 is 46.1 Å². The average Bonchev–Trinajstić information content (AvgIpc) is 3.50. The lowest BCUT2D eigenvalue weighted by Gasteiger charge is -2.59. The molecule has 7 aliphatic rings. The summed E-state index contributed by atoms with van der Waals surface area (Å²) in [5.41, 5.74) is -2.76. The summed E-state index contributed by atoms with van der Waals surface area (Å²) < 4.78 is 85.2. The molecule has 2 aliphatic heterocycles. The Kier molecular flexibility index (Phi) is 8.71. The van der Waals surface area contributed by atoms with Crippen molar-refractivity contribution >= 4 is 22.8 Å². The summed E-state index contributed by atoms with van der Waals surface area (Å²) in [5, 5.41) is 13.7. The standard InChI is InChI=1S/C39H44F5N5O5/c40-37(41)19-48(20-37)25-1-3-27(4-2-25)54-28-5-6-29-31(18-49(32(29)16-28)26-7-9-53-10-8-26)34-45-17-30(33(46-34)39(42,43)44)35(50)47-38(36(51)52)23-12-21-11-22(14-23)15-24(38)13-21/h5-6,16-18,21-27H,1-4,7-15,19-20H2,(H,47,50)(H,51,52). The molecule has 290 valence electrons. The third-order valence-corrected chi connectivity index (χ3v) is 13.4. The predicted octanol–water partition coefficient (Wildman–Crippen LogP) is 7.12. The minimum atomic E-state index is -5.03. The van der Waals surface area contributed by atoms with Crippen LogP contribution in [0.2, 0.25) is 0 Å². The predicted molar refractivity (Wildman–Crippen MR) is 185 cm³/mol. The number of halogens is 5. The Morgan fingerprint density at radius 1 is 0.926 bits per heavy atom. The number of carbonyl (C=O) groups is 2. The van der Waals surface area contributed by atoms with Crippen molar-refractivity contribution in [2.24, 2.45) is 23.7 Å². The molecule has 2 saturated heterocycles. The number of aromatic nitrogens is 3. The molecule has 5 saturated carbocycles. The van der Waals surface area contributed by atoms with Crippen LogP contribution in [0.15, 0.2) is 30.6 Å². The second-order valence-electron chi connectivity index (χ2n) is 16.7. The summed E-state index contributed by atoms with van der Waals surface area (Å²) in [5.74, 6) is -4.47. The lowest BCUT2D eigenvalue weighted by molar-refractivity contribution is -0.163. The van der Waals surface area contributed by atoms with Gasteiger partial charge in [0.25, 0.3) is 11.8 Å². The molecule has 2 aromatic heterocycles. The number of carboxylic acid groups (broad SMARTS) is 1. The van der Waals surface area contributed by atoms with Crippen LogP contribution >= 0.6 is 0 Å². The third kappa shape index (κ3) is 6.22. The van der Waals surface area contributed by atoms with E-state index < -0.39 is 40.8 Å². The zero-order valence-corrected chi connectivity index (χ0v) is 29.8. The number of alkyl halides is 5. The van der Waals surface area contributed by atoms with E-state index in [1.165, 1.54) is 0 Å². The van der Waals surface area contributed by atoms with E-state index in [1.54, 1.807) is 18.3 Å². The van der Waals surface area contributed by atoms with Crippen LogP contribution in [0.25, 0.3) is 22.3 Å².